The van der Waals surface area contributed by atoms with Gasteiger partial charge < -0.3 is 15.2 Å². The lowest BCUT2D eigenvalue weighted by atomic mass is 10.1. The molecule has 0 unspecified atom stereocenters. The van der Waals surface area contributed by atoms with Gasteiger partial charge in [0.25, 0.3) is 17.3 Å². The summed E-state index contributed by atoms with van der Waals surface area (Å²) in [6.07, 6.45) is 1.25. The first-order valence-corrected chi connectivity index (χ1v) is 13.1. The average Bonchev–Trinajstić information content (AvgIpc) is 3.68. The van der Waals surface area contributed by atoms with E-state index in [1.165, 1.54) is 48.7 Å². The van der Waals surface area contributed by atoms with E-state index >= 15 is 0 Å². The third-order valence-electron chi connectivity index (χ3n) is 6.13. The predicted molar refractivity (Wildman–Crippen MR) is 158 cm³/mol. The van der Waals surface area contributed by atoms with Crippen LogP contribution < -0.4 is 20.6 Å². The summed E-state index contributed by atoms with van der Waals surface area (Å²) >= 11 is 0. The Labute approximate surface area is 260 Å². The molecule has 3 aromatic carbocycles. The van der Waals surface area contributed by atoms with Crippen molar-refractivity contribution < 1.29 is 33.7 Å². The molecule has 238 valence electrons. The summed E-state index contributed by atoms with van der Waals surface area (Å²) < 4.78 is 16.9. The number of hydrazone groups is 1. The molecule has 5 aromatic rings. The van der Waals surface area contributed by atoms with Crippen molar-refractivity contribution >= 4 is 35.0 Å². The van der Waals surface area contributed by atoms with Crippen molar-refractivity contribution in [2.75, 3.05) is 12.3 Å². The van der Waals surface area contributed by atoms with Gasteiger partial charge in [-0.2, -0.15) is 9.78 Å². The van der Waals surface area contributed by atoms with Crippen molar-refractivity contribution in [3.8, 4) is 34.3 Å². The van der Waals surface area contributed by atoms with Crippen LogP contribution in [0.2, 0.25) is 0 Å². The summed E-state index contributed by atoms with van der Waals surface area (Å²) in [5.41, 5.74) is 6.95. The number of carbonyl (C=O) groups excluding carboxylic acids is 1. The zero-order chi connectivity index (χ0) is 33.7. The minimum Gasteiger partial charge on any atom is -0.490 e. The van der Waals surface area contributed by atoms with Gasteiger partial charge in [-0.3, -0.25) is 35.1 Å². The number of anilines is 1. The molecule has 21 heteroatoms. The highest BCUT2D eigenvalue weighted by Gasteiger charge is 2.26. The molecule has 0 fully saturated rings. The molecule has 5 rings (SSSR count). The van der Waals surface area contributed by atoms with Crippen LogP contribution in [0.3, 0.4) is 0 Å². The number of nitrogens with zero attached hydrogens (tertiary/aromatic N) is 9. The van der Waals surface area contributed by atoms with Gasteiger partial charge >= 0.3 is 5.69 Å². The number of rotatable bonds is 12. The molecule has 0 atom stereocenters. The summed E-state index contributed by atoms with van der Waals surface area (Å²) in [7, 11) is 0. The highest BCUT2D eigenvalue weighted by Crippen LogP contribution is 2.38. The van der Waals surface area contributed by atoms with Gasteiger partial charge in [0, 0.05) is 23.8 Å². The SMILES string of the molecule is CCOc1cc(/C=N\NC(=O)c2nnn(-c3nonc3N)c2-c2cccc([N+](=O)[O-])c2)ccc1Oc1ccc([N+](=O)[O-])cc1[N+](=O)[O-]. The van der Waals surface area contributed by atoms with Crippen molar-refractivity contribution in [1.82, 2.24) is 30.7 Å². The molecule has 0 saturated heterocycles. The van der Waals surface area contributed by atoms with Crippen LogP contribution in [0.5, 0.6) is 17.2 Å². The second-order valence-corrected chi connectivity index (χ2v) is 9.09. The van der Waals surface area contributed by atoms with E-state index in [0.29, 0.717) is 5.56 Å². The van der Waals surface area contributed by atoms with Crippen molar-refractivity contribution in [3.05, 3.63) is 102 Å². The maximum Gasteiger partial charge on any atom is 0.318 e. The number of aromatic nitrogens is 5. The zero-order valence-corrected chi connectivity index (χ0v) is 23.7. The minimum absolute atomic E-state index is 0.0238. The first-order valence-electron chi connectivity index (χ1n) is 13.1. The van der Waals surface area contributed by atoms with Gasteiger partial charge in [0.15, 0.2) is 17.2 Å². The van der Waals surface area contributed by atoms with E-state index in [1.807, 2.05) is 0 Å². The van der Waals surface area contributed by atoms with E-state index in [2.05, 4.69) is 35.8 Å². The maximum atomic E-state index is 13.2. The van der Waals surface area contributed by atoms with Crippen LogP contribution in [0.4, 0.5) is 22.9 Å². The molecular formula is C26H19N11O10. The molecule has 2 heterocycles. The Morgan fingerprint density at radius 3 is 2.40 bits per heavy atom. The third-order valence-corrected chi connectivity index (χ3v) is 6.13. The van der Waals surface area contributed by atoms with Gasteiger partial charge in [0.1, 0.15) is 5.69 Å². The Morgan fingerprint density at radius 1 is 0.979 bits per heavy atom. The number of hydrogen-bond acceptors (Lipinski definition) is 16. The minimum atomic E-state index is -0.862. The van der Waals surface area contributed by atoms with E-state index in [4.69, 9.17) is 15.2 Å². The highest BCUT2D eigenvalue weighted by molar-refractivity contribution is 5.99. The number of non-ortho nitro benzene ring substituents is 2. The molecule has 2 aromatic heterocycles. The van der Waals surface area contributed by atoms with Crippen LogP contribution in [0.1, 0.15) is 23.0 Å². The van der Waals surface area contributed by atoms with Crippen LogP contribution in [0.15, 0.2) is 70.4 Å². The second-order valence-electron chi connectivity index (χ2n) is 9.09. The van der Waals surface area contributed by atoms with Gasteiger partial charge in [-0.05, 0) is 47.1 Å². The predicted octanol–water partition coefficient (Wildman–Crippen LogP) is 3.58. The number of amides is 1. The van der Waals surface area contributed by atoms with Crippen molar-refractivity contribution in [2.24, 2.45) is 5.10 Å². The van der Waals surface area contributed by atoms with E-state index in [-0.39, 0.29) is 58.1 Å². The lowest BCUT2D eigenvalue weighted by Crippen LogP contribution is -2.19. The van der Waals surface area contributed by atoms with Crippen molar-refractivity contribution in [3.63, 3.8) is 0 Å². The summed E-state index contributed by atoms with van der Waals surface area (Å²) in [6.45, 7) is 1.87. The fourth-order valence-corrected chi connectivity index (χ4v) is 4.09. The van der Waals surface area contributed by atoms with Crippen LogP contribution in [0, 0.1) is 30.3 Å². The quantitative estimate of drug-likeness (QED) is 0.111. The topological polar surface area (TPSA) is 285 Å². The lowest BCUT2D eigenvalue weighted by Gasteiger charge is -2.12. The standard InChI is InChI=1S/C26H19N11O10/c1-2-45-21-10-14(6-8-20(21)46-19-9-7-17(36(41)42)12-18(19)37(43)44)13-28-30-26(38)22-23(15-4-3-5-16(11-15)35(39)40)34(33-29-22)25-24(27)31-47-32-25/h3-13H,2H2,1H3,(H2,27,31)(H,30,38)/b28-13-. The summed E-state index contributed by atoms with van der Waals surface area (Å²) in [5.74, 6) is -1.22. The molecule has 47 heavy (non-hydrogen) atoms. The largest absolute Gasteiger partial charge is 0.490 e. The second kappa shape index (κ2) is 13.1. The lowest BCUT2D eigenvalue weighted by molar-refractivity contribution is -0.394. The molecule has 0 aliphatic rings. The van der Waals surface area contributed by atoms with Crippen LogP contribution in [0.25, 0.3) is 17.1 Å². The molecular weight excluding hydrogens is 626 g/mol. The number of nitrogens with one attached hydrogen (secondary N) is 1. The maximum absolute atomic E-state index is 13.2. The summed E-state index contributed by atoms with van der Waals surface area (Å²) in [5, 5.41) is 52.8. The van der Waals surface area contributed by atoms with Gasteiger partial charge in [-0.1, -0.05) is 17.3 Å². The fourth-order valence-electron chi connectivity index (χ4n) is 4.09. The van der Waals surface area contributed by atoms with Gasteiger partial charge in [0.05, 0.1) is 33.7 Å². The van der Waals surface area contributed by atoms with Gasteiger partial charge in [0.2, 0.25) is 17.4 Å². The molecule has 0 radical (unpaired) electrons. The monoisotopic (exact) mass is 645 g/mol. The molecule has 21 nitrogen and oxygen atoms in total. The molecule has 0 aliphatic carbocycles. The Balaban J connectivity index is 1.41. The number of nitrogen functional groups attached to an aromatic ring is 1. The number of nitro groups is 3. The highest BCUT2D eigenvalue weighted by atomic mass is 16.6. The zero-order valence-electron chi connectivity index (χ0n) is 23.7. The molecule has 1 amide bonds. The molecule has 0 spiro atoms. The third kappa shape index (κ3) is 6.62. The van der Waals surface area contributed by atoms with E-state index in [9.17, 15) is 35.1 Å². The smallest absolute Gasteiger partial charge is 0.318 e. The number of benzene rings is 3. The number of nitrogens with two attached hydrogens (primary N) is 1. The van der Waals surface area contributed by atoms with Gasteiger partial charge in [-0.15, -0.1) is 5.10 Å². The van der Waals surface area contributed by atoms with E-state index in [1.54, 1.807) is 6.92 Å². The Bertz CT molecular complexity index is 2060. The van der Waals surface area contributed by atoms with Crippen LogP contribution in [-0.4, -0.2) is 58.8 Å². The molecule has 0 bridgehead atoms. The molecule has 0 aliphatic heterocycles. The average molecular weight is 646 g/mol. The van der Waals surface area contributed by atoms with E-state index in [0.717, 1.165) is 22.9 Å². The van der Waals surface area contributed by atoms with Gasteiger partial charge in [-0.25, -0.2) is 10.1 Å². The molecule has 3 N–H and O–H groups in total. The summed E-state index contributed by atoms with van der Waals surface area (Å²) in [4.78, 5) is 44.9. The normalized spacial score (nSPS) is 10.9. The first-order chi connectivity index (χ1) is 22.6. The van der Waals surface area contributed by atoms with Crippen molar-refractivity contribution in [2.45, 2.75) is 6.92 Å². The number of nitro benzene ring substituents is 3. The molecule has 0 saturated carbocycles. The Hall–Kier alpha value is -7.32. The Kier molecular flexibility index (Phi) is 8.69. The fraction of sp³-hybridized carbons (Fsp3) is 0.0769. The van der Waals surface area contributed by atoms with Crippen LogP contribution in [-0.2, 0) is 0 Å². The number of hydrogen-bond donors (Lipinski definition) is 2. The first kappa shape index (κ1) is 31.1. The number of ether oxygens (including phenoxy) is 2. The van der Waals surface area contributed by atoms with Crippen molar-refractivity contribution in [1.29, 1.82) is 0 Å². The number of carbonyl (C=O) groups is 1. The van der Waals surface area contributed by atoms with E-state index < -0.39 is 32.1 Å². The Morgan fingerprint density at radius 2 is 1.72 bits per heavy atom. The summed E-state index contributed by atoms with van der Waals surface area (Å²) in [6, 6.07) is 12.7. The van der Waals surface area contributed by atoms with Crippen LogP contribution >= 0.6 is 0 Å².